The number of hydrogen-bond acceptors (Lipinski definition) is 4. The minimum atomic E-state index is -4.11. The van der Waals surface area contributed by atoms with Crippen LogP contribution in [0.15, 0.2) is 108 Å². The first-order valence-corrected chi connectivity index (χ1v) is 12.3. The SMILES string of the molecule is O=C(O)c1cc(NS(=O)(=O)c2cccc(F)c2)ccc1N(Cc1ccccc1)Cc1ccccc1. The molecule has 0 aliphatic rings. The van der Waals surface area contributed by atoms with E-state index in [-0.39, 0.29) is 16.1 Å². The Hall–Kier alpha value is -4.17. The molecule has 4 aromatic rings. The Bertz CT molecular complexity index is 1390. The molecule has 0 spiro atoms. The summed E-state index contributed by atoms with van der Waals surface area (Å²) in [5.74, 6) is -1.88. The van der Waals surface area contributed by atoms with E-state index in [9.17, 15) is 22.7 Å². The molecule has 0 aliphatic carbocycles. The number of carboxylic acids is 1. The molecule has 0 amide bonds. The van der Waals surface area contributed by atoms with Gasteiger partial charge in [0, 0.05) is 18.8 Å². The topological polar surface area (TPSA) is 86.7 Å². The van der Waals surface area contributed by atoms with Gasteiger partial charge in [0.15, 0.2) is 0 Å². The zero-order valence-corrected chi connectivity index (χ0v) is 19.5. The second kappa shape index (κ2) is 10.4. The highest BCUT2D eigenvalue weighted by molar-refractivity contribution is 7.92. The van der Waals surface area contributed by atoms with Gasteiger partial charge in [-0.15, -0.1) is 0 Å². The maximum Gasteiger partial charge on any atom is 0.337 e. The molecule has 4 aromatic carbocycles. The standard InChI is InChI=1S/C27H23FN2O4S/c28-22-12-7-13-24(16-22)35(33,34)29-23-14-15-26(25(17-23)27(31)32)30(18-20-8-3-1-4-9-20)19-21-10-5-2-6-11-21/h1-17,29H,18-19H2,(H,31,32). The lowest BCUT2D eigenvalue weighted by atomic mass is 10.1. The fourth-order valence-electron chi connectivity index (χ4n) is 3.73. The molecule has 0 aliphatic heterocycles. The number of hydrogen-bond donors (Lipinski definition) is 2. The van der Waals surface area contributed by atoms with Crippen LogP contribution in [0, 0.1) is 5.82 Å². The third-order valence-electron chi connectivity index (χ3n) is 5.36. The van der Waals surface area contributed by atoms with Gasteiger partial charge in [-0.2, -0.15) is 0 Å². The van der Waals surface area contributed by atoms with E-state index in [1.165, 1.54) is 24.3 Å². The van der Waals surface area contributed by atoms with Crippen LogP contribution in [-0.2, 0) is 23.1 Å². The van der Waals surface area contributed by atoms with Gasteiger partial charge in [-0.25, -0.2) is 17.6 Å². The maximum absolute atomic E-state index is 13.5. The number of halogens is 1. The number of rotatable bonds is 9. The maximum atomic E-state index is 13.5. The minimum Gasteiger partial charge on any atom is -0.478 e. The first-order chi connectivity index (χ1) is 16.8. The van der Waals surface area contributed by atoms with Crippen LogP contribution in [-0.4, -0.2) is 19.5 Å². The van der Waals surface area contributed by atoms with Crippen LogP contribution < -0.4 is 9.62 Å². The van der Waals surface area contributed by atoms with Crippen LogP contribution in [0.1, 0.15) is 21.5 Å². The predicted molar refractivity (Wildman–Crippen MR) is 133 cm³/mol. The number of nitrogens with zero attached hydrogens (tertiary/aromatic N) is 1. The number of anilines is 2. The van der Waals surface area contributed by atoms with E-state index in [0.717, 1.165) is 23.3 Å². The molecule has 0 saturated heterocycles. The zero-order valence-electron chi connectivity index (χ0n) is 18.6. The summed E-state index contributed by atoms with van der Waals surface area (Å²) in [6, 6.07) is 28.3. The Morgan fingerprint density at radius 3 is 1.94 bits per heavy atom. The molecule has 0 bridgehead atoms. The number of carboxylic acid groups (broad SMARTS) is 1. The normalized spacial score (nSPS) is 11.1. The molecule has 35 heavy (non-hydrogen) atoms. The van der Waals surface area contributed by atoms with Crippen molar-refractivity contribution >= 4 is 27.4 Å². The lowest BCUT2D eigenvalue weighted by Crippen LogP contribution is -2.24. The average Bonchev–Trinajstić information content (AvgIpc) is 2.85. The lowest BCUT2D eigenvalue weighted by molar-refractivity contribution is 0.0697. The van der Waals surface area contributed by atoms with Crippen LogP contribution in [0.2, 0.25) is 0 Å². The van der Waals surface area contributed by atoms with Crippen molar-refractivity contribution in [3.8, 4) is 0 Å². The van der Waals surface area contributed by atoms with Crippen LogP contribution in [0.25, 0.3) is 0 Å². The molecular weight excluding hydrogens is 467 g/mol. The van der Waals surface area contributed by atoms with Crippen LogP contribution in [0.4, 0.5) is 15.8 Å². The second-order valence-electron chi connectivity index (χ2n) is 7.93. The van der Waals surface area contributed by atoms with Crippen molar-refractivity contribution in [2.24, 2.45) is 0 Å². The first-order valence-electron chi connectivity index (χ1n) is 10.8. The molecule has 0 heterocycles. The summed E-state index contributed by atoms with van der Waals surface area (Å²) in [6.07, 6.45) is 0. The fraction of sp³-hybridized carbons (Fsp3) is 0.0741. The number of sulfonamides is 1. The number of aromatic carboxylic acids is 1. The molecule has 0 aromatic heterocycles. The Morgan fingerprint density at radius 1 is 0.800 bits per heavy atom. The second-order valence-corrected chi connectivity index (χ2v) is 9.61. The molecule has 8 heteroatoms. The smallest absolute Gasteiger partial charge is 0.337 e. The van der Waals surface area contributed by atoms with E-state index < -0.39 is 21.8 Å². The first kappa shape index (κ1) is 24.0. The molecule has 4 rings (SSSR count). The monoisotopic (exact) mass is 490 g/mol. The van der Waals surface area contributed by atoms with Crippen molar-refractivity contribution in [1.82, 2.24) is 0 Å². The Morgan fingerprint density at radius 2 is 1.40 bits per heavy atom. The summed E-state index contributed by atoms with van der Waals surface area (Å²) in [7, 11) is -4.11. The van der Waals surface area contributed by atoms with E-state index in [0.29, 0.717) is 18.8 Å². The number of benzene rings is 4. The number of nitrogens with one attached hydrogen (secondary N) is 1. The van der Waals surface area contributed by atoms with Crippen LogP contribution in [0.5, 0.6) is 0 Å². The summed E-state index contributed by atoms with van der Waals surface area (Å²) in [6.45, 7) is 0.898. The molecule has 178 valence electrons. The largest absolute Gasteiger partial charge is 0.478 e. The average molecular weight is 491 g/mol. The van der Waals surface area contributed by atoms with Crippen molar-refractivity contribution in [1.29, 1.82) is 0 Å². The van der Waals surface area contributed by atoms with Crippen molar-refractivity contribution < 1.29 is 22.7 Å². The molecular formula is C27H23FN2O4S. The van der Waals surface area contributed by atoms with E-state index in [4.69, 9.17) is 0 Å². The van der Waals surface area contributed by atoms with Gasteiger partial charge >= 0.3 is 5.97 Å². The third kappa shape index (κ3) is 6.04. The van der Waals surface area contributed by atoms with Crippen molar-refractivity contribution in [3.63, 3.8) is 0 Å². The minimum absolute atomic E-state index is 0.0590. The van der Waals surface area contributed by atoms with Gasteiger partial charge in [-0.1, -0.05) is 66.7 Å². The van der Waals surface area contributed by atoms with Gasteiger partial charge < -0.3 is 10.0 Å². The molecule has 6 nitrogen and oxygen atoms in total. The van der Waals surface area contributed by atoms with E-state index in [2.05, 4.69) is 4.72 Å². The van der Waals surface area contributed by atoms with Crippen molar-refractivity contribution in [2.75, 3.05) is 9.62 Å². The van der Waals surface area contributed by atoms with Gasteiger partial charge in [-0.3, -0.25) is 4.72 Å². The van der Waals surface area contributed by atoms with Gasteiger partial charge in [0.25, 0.3) is 10.0 Å². The summed E-state index contributed by atoms with van der Waals surface area (Å²) in [5.41, 5.74) is 2.44. The summed E-state index contributed by atoms with van der Waals surface area (Å²) in [5, 5.41) is 9.97. The Labute approximate surface area is 203 Å². The van der Waals surface area contributed by atoms with Gasteiger partial charge in [0.1, 0.15) is 5.82 Å². The zero-order chi connectivity index (χ0) is 24.8. The van der Waals surface area contributed by atoms with Gasteiger partial charge in [0.2, 0.25) is 0 Å². The highest BCUT2D eigenvalue weighted by Crippen LogP contribution is 2.29. The predicted octanol–water partition coefficient (Wildman–Crippen LogP) is 5.53. The Balaban J connectivity index is 1.70. The molecule has 0 atom stereocenters. The quantitative estimate of drug-likeness (QED) is 0.322. The van der Waals surface area contributed by atoms with Crippen LogP contribution in [0.3, 0.4) is 0 Å². The van der Waals surface area contributed by atoms with Gasteiger partial charge in [0.05, 0.1) is 16.1 Å². The van der Waals surface area contributed by atoms with Crippen molar-refractivity contribution in [3.05, 3.63) is 126 Å². The van der Waals surface area contributed by atoms with Crippen LogP contribution >= 0.6 is 0 Å². The summed E-state index contributed by atoms with van der Waals surface area (Å²) >= 11 is 0. The Kier molecular flexibility index (Phi) is 7.12. The fourth-order valence-corrected chi connectivity index (χ4v) is 4.81. The molecule has 0 radical (unpaired) electrons. The van der Waals surface area contributed by atoms with E-state index >= 15 is 0 Å². The number of carbonyl (C=O) groups is 1. The van der Waals surface area contributed by atoms with E-state index in [1.807, 2.05) is 65.6 Å². The molecule has 0 unspecified atom stereocenters. The summed E-state index contributed by atoms with van der Waals surface area (Å²) in [4.78, 5) is 13.9. The molecule has 2 N–H and O–H groups in total. The highest BCUT2D eigenvalue weighted by atomic mass is 32.2. The third-order valence-corrected chi connectivity index (χ3v) is 6.74. The lowest BCUT2D eigenvalue weighted by Gasteiger charge is -2.27. The van der Waals surface area contributed by atoms with Gasteiger partial charge in [-0.05, 0) is 47.5 Å². The van der Waals surface area contributed by atoms with Crippen molar-refractivity contribution in [2.45, 2.75) is 18.0 Å². The molecule has 0 saturated carbocycles. The molecule has 0 fully saturated rings. The summed E-state index contributed by atoms with van der Waals surface area (Å²) < 4.78 is 41.3. The highest BCUT2D eigenvalue weighted by Gasteiger charge is 2.20. The van der Waals surface area contributed by atoms with E-state index in [1.54, 1.807) is 6.07 Å².